The molecule has 0 heterocycles. The van der Waals surface area contributed by atoms with Gasteiger partial charge in [-0.15, -0.1) is 0 Å². The maximum absolute atomic E-state index is 10.2. The first-order valence-electron chi connectivity index (χ1n) is 5.28. The van der Waals surface area contributed by atoms with Crippen LogP contribution in [0.3, 0.4) is 0 Å². The van der Waals surface area contributed by atoms with Crippen LogP contribution in [0.25, 0.3) is 0 Å². The van der Waals surface area contributed by atoms with Crippen LogP contribution < -0.4 is 34.9 Å². The number of hydrogen-bond acceptors (Lipinski definition) is 5. The van der Waals surface area contributed by atoms with Gasteiger partial charge < -0.3 is 15.0 Å². The minimum atomic E-state index is -4.14. The number of hydrogen-bond donors (Lipinski definition) is 2. The van der Waals surface area contributed by atoms with Crippen molar-refractivity contribution in [1.82, 2.24) is 5.32 Å². The van der Waals surface area contributed by atoms with Gasteiger partial charge in [-0.1, -0.05) is 26.2 Å². The third-order valence-electron chi connectivity index (χ3n) is 2.05. The summed E-state index contributed by atoms with van der Waals surface area (Å²) in [5, 5.41) is 12.2. The summed E-state index contributed by atoms with van der Waals surface area (Å²) < 4.78 is 30.7. The maximum atomic E-state index is 10.2. The summed E-state index contributed by atoms with van der Waals surface area (Å²) in [5.74, 6) is -0.422. The van der Waals surface area contributed by atoms with Crippen molar-refractivity contribution in [2.24, 2.45) is 0 Å². The van der Waals surface area contributed by atoms with E-state index < -0.39 is 22.0 Å². The standard InChI is InChI=1S/C9H21NO4S.Na/c1-2-3-4-5-9(11)8-10-6-7-15(12,13)14;/h9-11H,2-8H2,1H3,(H,12,13,14);/q;+1/p-1. The van der Waals surface area contributed by atoms with Crippen molar-refractivity contribution in [3.05, 3.63) is 0 Å². The molecule has 7 heteroatoms. The van der Waals surface area contributed by atoms with Crippen LogP contribution >= 0.6 is 0 Å². The summed E-state index contributed by atoms with van der Waals surface area (Å²) in [4.78, 5) is 0. The molecule has 0 aromatic heterocycles. The van der Waals surface area contributed by atoms with E-state index in [2.05, 4.69) is 12.2 Å². The number of unbranched alkanes of at least 4 members (excludes halogenated alkanes) is 2. The molecular formula is C9H20NNaO4S. The molecule has 0 bridgehead atoms. The Hall–Kier alpha value is 0.830. The first-order valence-corrected chi connectivity index (χ1v) is 6.85. The second-order valence-corrected chi connectivity index (χ2v) is 5.14. The van der Waals surface area contributed by atoms with Crippen LogP contribution in [0.1, 0.15) is 32.6 Å². The Kier molecular flexibility index (Phi) is 13.1. The predicted molar refractivity (Wildman–Crippen MR) is 57.6 cm³/mol. The molecule has 1 atom stereocenters. The molecular weight excluding hydrogens is 241 g/mol. The summed E-state index contributed by atoms with van der Waals surface area (Å²) in [6, 6.07) is 0. The van der Waals surface area contributed by atoms with Crippen molar-refractivity contribution in [3.8, 4) is 0 Å². The third-order valence-corrected chi connectivity index (χ3v) is 2.75. The number of nitrogens with one attached hydrogen (secondary N) is 1. The van der Waals surface area contributed by atoms with Crippen LogP contribution in [-0.4, -0.2) is 43.0 Å². The quantitative estimate of drug-likeness (QED) is 0.263. The summed E-state index contributed by atoms with van der Waals surface area (Å²) >= 11 is 0. The second kappa shape index (κ2) is 11.0. The van der Waals surface area contributed by atoms with Crippen molar-refractivity contribution in [2.75, 3.05) is 18.8 Å². The van der Waals surface area contributed by atoms with Crippen LogP contribution in [0.15, 0.2) is 0 Å². The Morgan fingerprint density at radius 1 is 1.38 bits per heavy atom. The van der Waals surface area contributed by atoms with E-state index in [0.717, 1.165) is 19.3 Å². The average Bonchev–Trinajstić information content (AvgIpc) is 2.11. The summed E-state index contributed by atoms with van der Waals surface area (Å²) in [6.07, 6.45) is 3.43. The van der Waals surface area contributed by atoms with E-state index in [1.54, 1.807) is 0 Å². The van der Waals surface area contributed by atoms with Crippen molar-refractivity contribution in [3.63, 3.8) is 0 Å². The van der Waals surface area contributed by atoms with Crippen molar-refractivity contribution in [2.45, 2.75) is 38.7 Å². The molecule has 0 radical (unpaired) electrons. The SMILES string of the molecule is CCCCCC(O)CNCCS(=O)(=O)[O-].[Na+]. The molecule has 0 aliphatic rings. The van der Waals surface area contributed by atoms with Gasteiger partial charge in [-0.25, -0.2) is 8.42 Å². The van der Waals surface area contributed by atoms with E-state index in [-0.39, 0.29) is 36.1 Å². The van der Waals surface area contributed by atoms with Gasteiger partial charge in [-0.05, 0) is 6.42 Å². The number of aliphatic hydroxyl groups excluding tert-OH is 1. The van der Waals surface area contributed by atoms with E-state index >= 15 is 0 Å². The Labute approximate surface area is 120 Å². The predicted octanol–water partition coefficient (Wildman–Crippen LogP) is -2.93. The van der Waals surface area contributed by atoms with E-state index in [0.29, 0.717) is 13.0 Å². The van der Waals surface area contributed by atoms with Crippen LogP contribution in [0.2, 0.25) is 0 Å². The smallest absolute Gasteiger partial charge is 0.748 e. The summed E-state index contributed by atoms with van der Waals surface area (Å²) in [6.45, 7) is 2.54. The number of aliphatic hydroxyl groups is 1. The molecule has 5 nitrogen and oxygen atoms in total. The van der Waals surface area contributed by atoms with Crippen molar-refractivity contribution < 1.29 is 47.6 Å². The van der Waals surface area contributed by atoms with E-state index in [1.165, 1.54) is 0 Å². The molecule has 0 aromatic carbocycles. The molecule has 92 valence electrons. The topological polar surface area (TPSA) is 89.5 Å². The third kappa shape index (κ3) is 14.8. The zero-order valence-corrected chi connectivity index (χ0v) is 12.9. The summed E-state index contributed by atoms with van der Waals surface area (Å²) in [5.41, 5.74) is 0. The van der Waals surface area contributed by atoms with Crippen LogP contribution in [0.5, 0.6) is 0 Å². The van der Waals surface area contributed by atoms with Gasteiger partial charge in [0.05, 0.1) is 22.0 Å². The Balaban J connectivity index is 0. The first kappa shape index (κ1) is 19.2. The minimum Gasteiger partial charge on any atom is -0.748 e. The van der Waals surface area contributed by atoms with Gasteiger partial charge in [0.25, 0.3) is 0 Å². The largest absolute Gasteiger partial charge is 1.00 e. The first-order chi connectivity index (χ1) is 6.95. The fourth-order valence-electron chi connectivity index (χ4n) is 1.20. The molecule has 0 saturated heterocycles. The van der Waals surface area contributed by atoms with Gasteiger partial charge in [-0.2, -0.15) is 0 Å². The molecule has 1 unspecified atom stereocenters. The Bertz CT molecular complexity index is 246. The van der Waals surface area contributed by atoms with Crippen LogP contribution in [-0.2, 0) is 10.1 Å². The molecule has 16 heavy (non-hydrogen) atoms. The average molecular weight is 261 g/mol. The van der Waals surface area contributed by atoms with Crippen LogP contribution in [0, 0.1) is 0 Å². The monoisotopic (exact) mass is 261 g/mol. The van der Waals surface area contributed by atoms with Gasteiger partial charge >= 0.3 is 29.6 Å². The fraction of sp³-hybridized carbons (Fsp3) is 1.00. The molecule has 0 aromatic rings. The van der Waals surface area contributed by atoms with Gasteiger partial charge in [0.15, 0.2) is 0 Å². The molecule has 0 spiro atoms. The molecule has 0 saturated carbocycles. The van der Waals surface area contributed by atoms with E-state index in [1.807, 2.05) is 0 Å². The van der Waals surface area contributed by atoms with Gasteiger partial charge in [0, 0.05) is 13.1 Å². The van der Waals surface area contributed by atoms with E-state index in [4.69, 9.17) is 0 Å². The molecule has 0 fully saturated rings. The van der Waals surface area contributed by atoms with Crippen molar-refractivity contribution in [1.29, 1.82) is 0 Å². The molecule has 0 rings (SSSR count). The van der Waals surface area contributed by atoms with E-state index in [9.17, 15) is 18.1 Å². The minimum absolute atomic E-state index is 0. The molecule has 0 aliphatic carbocycles. The molecule has 2 N–H and O–H groups in total. The Morgan fingerprint density at radius 2 is 2.00 bits per heavy atom. The zero-order valence-electron chi connectivity index (χ0n) is 10.1. The number of rotatable bonds is 9. The normalized spacial score (nSPS) is 13.2. The van der Waals surface area contributed by atoms with Gasteiger partial charge in [-0.3, -0.25) is 0 Å². The molecule has 0 aliphatic heterocycles. The van der Waals surface area contributed by atoms with Gasteiger partial charge in [0.2, 0.25) is 0 Å². The maximum Gasteiger partial charge on any atom is 1.00 e. The summed E-state index contributed by atoms with van der Waals surface area (Å²) in [7, 11) is -4.14. The Morgan fingerprint density at radius 3 is 2.50 bits per heavy atom. The molecule has 0 amide bonds. The fourth-order valence-corrected chi connectivity index (χ4v) is 1.59. The van der Waals surface area contributed by atoms with Crippen molar-refractivity contribution >= 4 is 10.1 Å². The zero-order chi connectivity index (χ0) is 11.7. The van der Waals surface area contributed by atoms with Crippen LogP contribution in [0.4, 0.5) is 0 Å². The van der Waals surface area contributed by atoms with Gasteiger partial charge in [0.1, 0.15) is 0 Å². The second-order valence-electron chi connectivity index (χ2n) is 3.62.